The molecule has 2 aromatic carbocycles. The molecule has 0 unspecified atom stereocenters. The average Bonchev–Trinajstić information content (AvgIpc) is 2.47. The van der Waals surface area contributed by atoms with Gasteiger partial charge in [-0.3, -0.25) is 4.79 Å². The number of carboxylic acids is 1. The molecular formula is C17H14F2O3. The lowest BCUT2D eigenvalue weighted by Crippen LogP contribution is -2.05. The summed E-state index contributed by atoms with van der Waals surface area (Å²) in [5.74, 6) is -1.49. The van der Waals surface area contributed by atoms with E-state index in [4.69, 9.17) is 5.11 Å². The number of carbonyl (C=O) groups excluding carboxylic acids is 1. The van der Waals surface area contributed by atoms with Crippen LogP contribution in [0.15, 0.2) is 42.5 Å². The number of hydrogen-bond acceptors (Lipinski definition) is 2. The lowest BCUT2D eigenvalue weighted by molar-refractivity contribution is 0.0695. The van der Waals surface area contributed by atoms with Gasteiger partial charge in [-0.25, -0.2) is 13.6 Å². The first-order valence-corrected chi connectivity index (χ1v) is 6.63. The highest BCUT2D eigenvalue weighted by molar-refractivity contribution is 5.95. The molecule has 0 saturated carbocycles. The summed E-state index contributed by atoms with van der Waals surface area (Å²) in [4.78, 5) is 22.5. The van der Waals surface area contributed by atoms with Crippen molar-refractivity contribution in [2.75, 3.05) is 0 Å². The maximum Gasteiger partial charge on any atom is 0.335 e. The van der Waals surface area contributed by atoms with E-state index in [1.165, 1.54) is 25.1 Å². The number of alkyl halides is 2. The van der Waals surface area contributed by atoms with E-state index in [0.29, 0.717) is 11.1 Å². The molecular weight excluding hydrogens is 290 g/mol. The Kier molecular flexibility index (Phi) is 4.65. The summed E-state index contributed by atoms with van der Waals surface area (Å²) in [6.07, 6.45) is -2.55. The number of ketones is 1. The van der Waals surface area contributed by atoms with Crippen molar-refractivity contribution in [3.8, 4) is 0 Å². The first kappa shape index (κ1) is 15.8. The average molecular weight is 304 g/mol. The zero-order valence-corrected chi connectivity index (χ0v) is 11.8. The summed E-state index contributed by atoms with van der Waals surface area (Å²) < 4.78 is 26.1. The van der Waals surface area contributed by atoms with Crippen LogP contribution in [-0.4, -0.2) is 16.9 Å². The first-order valence-electron chi connectivity index (χ1n) is 6.63. The number of carboxylic acid groups (broad SMARTS) is 1. The van der Waals surface area contributed by atoms with Crippen molar-refractivity contribution in [2.24, 2.45) is 0 Å². The quantitative estimate of drug-likeness (QED) is 0.846. The van der Waals surface area contributed by atoms with Gasteiger partial charge in [0.15, 0.2) is 5.78 Å². The minimum absolute atomic E-state index is 0.00901. The highest BCUT2D eigenvalue weighted by atomic mass is 19.3. The molecule has 3 nitrogen and oxygen atoms in total. The Balaban J connectivity index is 2.41. The van der Waals surface area contributed by atoms with Gasteiger partial charge in [-0.2, -0.15) is 0 Å². The predicted octanol–water partition coefficient (Wildman–Crippen LogP) is 4.12. The lowest BCUT2D eigenvalue weighted by Gasteiger charge is -2.10. The largest absolute Gasteiger partial charge is 0.478 e. The van der Waals surface area contributed by atoms with Crippen molar-refractivity contribution >= 4 is 11.8 Å². The Labute approximate surface area is 126 Å². The zero-order valence-electron chi connectivity index (χ0n) is 11.8. The number of benzene rings is 2. The van der Waals surface area contributed by atoms with Gasteiger partial charge in [0.2, 0.25) is 0 Å². The smallest absolute Gasteiger partial charge is 0.335 e. The molecule has 1 N–H and O–H groups in total. The van der Waals surface area contributed by atoms with Gasteiger partial charge in [0.25, 0.3) is 6.43 Å². The molecule has 0 aliphatic heterocycles. The van der Waals surface area contributed by atoms with Gasteiger partial charge in [0.05, 0.1) is 5.56 Å². The Morgan fingerprint density at radius 3 is 2.36 bits per heavy atom. The van der Waals surface area contributed by atoms with Gasteiger partial charge >= 0.3 is 5.97 Å². The van der Waals surface area contributed by atoms with E-state index < -0.39 is 18.2 Å². The molecule has 0 saturated heterocycles. The highest BCUT2D eigenvalue weighted by Crippen LogP contribution is 2.26. The number of aromatic carboxylic acids is 1. The summed E-state index contributed by atoms with van der Waals surface area (Å²) in [5, 5.41) is 9.14. The summed E-state index contributed by atoms with van der Waals surface area (Å²) in [6, 6.07) is 10.6. The highest BCUT2D eigenvalue weighted by Gasteiger charge is 2.17. The van der Waals surface area contributed by atoms with E-state index in [9.17, 15) is 18.4 Å². The van der Waals surface area contributed by atoms with Crippen molar-refractivity contribution in [2.45, 2.75) is 19.8 Å². The van der Waals surface area contributed by atoms with Crippen molar-refractivity contribution in [3.05, 3.63) is 70.3 Å². The monoisotopic (exact) mass is 304 g/mol. The van der Waals surface area contributed by atoms with Gasteiger partial charge in [0, 0.05) is 11.1 Å². The molecule has 0 bridgehead atoms. The van der Waals surface area contributed by atoms with Gasteiger partial charge < -0.3 is 5.11 Å². The van der Waals surface area contributed by atoms with Crippen LogP contribution in [0, 0.1) is 0 Å². The second-order valence-corrected chi connectivity index (χ2v) is 4.92. The third kappa shape index (κ3) is 3.36. The van der Waals surface area contributed by atoms with Crippen molar-refractivity contribution in [3.63, 3.8) is 0 Å². The summed E-state index contributed by atoms with van der Waals surface area (Å²) in [7, 11) is 0. The fourth-order valence-electron chi connectivity index (χ4n) is 2.33. The SMILES string of the molecule is CC(=O)c1ccc(Cc2ccccc2C(=O)O)cc1C(F)F. The van der Waals surface area contributed by atoms with E-state index in [-0.39, 0.29) is 23.1 Å². The van der Waals surface area contributed by atoms with Crippen molar-refractivity contribution in [1.29, 1.82) is 0 Å². The molecule has 22 heavy (non-hydrogen) atoms. The van der Waals surface area contributed by atoms with Gasteiger partial charge in [-0.1, -0.05) is 30.3 Å². The summed E-state index contributed by atoms with van der Waals surface area (Å²) >= 11 is 0. The second kappa shape index (κ2) is 6.47. The first-order chi connectivity index (χ1) is 10.4. The third-order valence-electron chi connectivity index (χ3n) is 3.37. The molecule has 2 aromatic rings. The molecule has 0 amide bonds. The molecule has 0 fully saturated rings. The van der Waals surface area contributed by atoms with Crippen LogP contribution in [0.1, 0.15) is 50.8 Å². The Morgan fingerprint density at radius 1 is 1.09 bits per heavy atom. The van der Waals surface area contributed by atoms with Crippen molar-refractivity contribution < 1.29 is 23.5 Å². The zero-order chi connectivity index (χ0) is 16.3. The number of halogens is 2. The molecule has 0 atom stereocenters. The van der Waals surface area contributed by atoms with E-state index in [1.54, 1.807) is 24.3 Å². The maximum atomic E-state index is 13.1. The molecule has 0 spiro atoms. The molecule has 0 radical (unpaired) electrons. The summed E-state index contributed by atoms with van der Waals surface area (Å²) in [5.41, 5.74) is 0.875. The van der Waals surface area contributed by atoms with Gasteiger partial charge in [-0.15, -0.1) is 0 Å². The molecule has 114 valence electrons. The van der Waals surface area contributed by atoms with E-state index >= 15 is 0 Å². The number of carbonyl (C=O) groups is 2. The van der Waals surface area contributed by atoms with Crippen LogP contribution < -0.4 is 0 Å². The maximum absolute atomic E-state index is 13.1. The molecule has 0 aliphatic rings. The molecule has 5 heteroatoms. The molecule has 0 aliphatic carbocycles. The van der Waals surface area contributed by atoms with Crippen LogP contribution in [0.3, 0.4) is 0 Å². The molecule has 0 heterocycles. The predicted molar refractivity (Wildman–Crippen MR) is 77.6 cm³/mol. The topological polar surface area (TPSA) is 54.4 Å². The van der Waals surface area contributed by atoms with E-state index in [1.807, 2.05) is 0 Å². The number of Topliss-reactive ketones (excluding diaryl/α,β-unsaturated/α-hetero) is 1. The molecule has 0 aromatic heterocycles. The number of rotatable bonds is 5. The Morgan fingerprint density at radius 2 is 1.77 bits per heavy atom. The Hall–Kier alpha value is -2.56. The minimum Gasteiger partial charge on any atom is -0.478 e. The van der Waals surface area contributed by atoms with Crippen LogP contribution in [0.5, 0.6) is 0 Å². The van der Waals surface area contributed by atoms with Crippen molar-refractivity contribution in [1.82, 2.24) is 0 Å². The standard InChI is InChI=1S/C17H14F2O3/c1-10(20)13-7-6-11(9-15(13)16(18)19)8-12-4-2-3-5-14(12)17(21)22/h2-7,9,16H,8H2,1H3,(H,21,22). The Bertz CT molecular complexity index is 724. The number of hydrogen-bond donors (Lipinski definition) is 1. The summed E-state index contributed by atoms with van der Waals surface area (Å²) in [6.45, 7) is 1.24. The lowest BCUT2D eigenvalue weighted by atomic mass is 9.95. The van der Waals surface area contributed by atoms with Crippen LogP contribution in [0.4, 0.5) is 8.78 Å². The van der Waals surface area contributed by atoms with Gasteiger partial charge in [-0.05, 0) is 36.6 Å². The van der Waals surface area contributed by atoms with Crippen LogP contribution >= 0.6 is 0 Å². The normalized spacial score (nSPS) is 10.7. The van der Waals surface area contributed by atoms with Crippen LogP contribution in [-0.2, 0) is 6.42 Å². The second-order valence-electron chi connectivity index (χ2n) is 4.92. The van der Waals surface area contributed by atoms with Crippen LogP contribution in [0.2, 0.25) is 0 Å². The third-order valence-corrected chi connectivity index (χ3v) is 3.37. The molecule has 2 rings (SSSR count). The van der Waals surface area contributed by atoms with Gasteiger partial charge in [0.1, 0.15) is 0 Å². The van der Waals surface area contributed by atoms with Crippen LogP contribution in [0.25, 0.3) is 0 Å². The fraction of sp³-hybridized carbons (Fsp3) is 0.176. The van der Waals surface area contributed by atoms with E-state index in [0.717, 1.165) is 0 Å². The van der Waals surface area contributed by atoms with E-state index in [2.05, 4.69) is 0 Å². The minimum atomic E-state index is -2.76. The fourth-order valence-corrected chi connectivity index (χ4v) is 2.33.